The van der Waals surface area contributed by atoms with Crippen LogP contribution in [-0.4, -0.2) is 34.9 Å². The summed E-state index contributed by atoms with van der Waals surface area (Å²) in [4.78, 5) is 26.8. The normalized spacial score (nSPS) is 14.3. The molecule has 1 aliphatic rings. The van der Waals surface area contributed by atoms with Crippen molar-refractivity contribution in [3.05, 3.63) is 52.1 Å². The monoisotopic (exact) mass is 413 g/mol. The van der Waals surface area contributed by atoms with Crippen molar-refractivity contribution in [1.29, 1.82) is 0 Å². The topological polar surface area (TPSA) is 94.2 Å². The van der Waals surface area contributed by atoms with E-state index in [0.717, 1.165) is 48.3 Å². The number of rotatable bonds is 10. The highest BCUT2D eigenvalue weighted by molar-refractivity contribution is 6.34. The second-order valence-electron chi connectivity index (χ2n) is 7.65. The average molecular weight is 413 g/mol. The Bertz CT molecular complexity index is 978. The van der Waals surface area contributed by atoms with E-state index in [9.17, 15) is 14.0 Å². The quantitative estimate of drug-likeness (QED) is 0.354. The van der Waals surface area contributed by atoms with Crippen LogP contribution in [-0.2, 0) is 16.1 Å². The van der Waals surface area contributed by atoms with Crippen LogP contribution in [0.4, 0.5) is 10.1 Å². The van der Waals surface area contributed by atoms with Crippen molar-refractivity contribution >= 4 is 29.0 Å². The van der Waals surface area contributed by atoms with E-state index < -0.39 is 0 Å². The van der Waals surface area contributed by atoms with Crippen molar-refractivity contribution in [2.24, 2.45) is 0 Å². The number of fused-ring (bicyclic) bond motifs is 1. The molecule has 1 aliphatic heterocycles. The van der Waals surface area contributed by atoms with Crippen LogP contribution in [0.5, 0.6) is 0 Å². The molecule has 0 atom stereocenters. The molecule has 6 nitrogen and oxygen atoms in total. The number of carbonyl (C=O) groups excluding carboxylic acids is 2. The number of aliphatic hydroxyl groups excluding tert-OH is 1. The predicted octanol–water partition coefficient (Wildman–Crippen LogP) is 3.47. The summed E-state index contributed by atoms with van der Waals surface area (Å²) >= 11 is 0. The van der Waals surface area contributed by atoms with Gasteiger partial charge >= 0.3 is 0 Å². The van der Waals surface area contributed by atoms with Crippen molar-refractivity contribution in [3.8, 4) is 0 Å². The first-order valence-corrected chi connectivity index (χ1v) is 10.2. The number of aliphatic hydroxyl groups is 1. The predicted molar refractivity (Wildman–Crippen MR) is 115 cm³/mol. The molecule has 30 heavy (non-hydrogen) atoms. The SMILES string of the molecule is Cc1[nH]c(/C=C2\C(=O)Nc3ccc(F)cc32)c(C)c1CNCCCCCC(=O)CO. The van der Waals surface area contributed by atoms with Crippen LogP contribution >= 0.6 is 0 Å². The third-order valence-corrected chi connectivity index (χ3v) is 5.47. The molecule has 4 N–H and O–H groups in total. The van der Waals surface area contributed by atoms with Gasteiger partial charge in [0.2, 0.25) is 0 Å². The fraction of sp³-hybridized carbons (Fsp3) is 0.391. The molecule has 0 radical (unpaired) electrons. The molecular formula is C23H28FN3O3. The van der Waals surface area contributed by atoms with Crippen molar-refractivity contribution < 1.29 is 19.1 Å². The lowest BCUT2D eigenvalue weighted by Gasteiger charge is -2.06. The summed E-state index contributed by atoms with van der Waals surface area (Å²) in [5, 5.41) is 14.9. The molecule has 3 rings (SSSR count). The van der Waals surface area contributed by atoms with E-state index in [2.05, 4.69) is 15.6 Å². The number of unbranched alkanes of at least 4 members (excludes halogenated alkanes) is 2. The number of anilines is 1. The lowest BCUT2D eigenvalue weighted by molar-refractivity contribution is -0.121. The van der Waals surface area contributed by atoms with Gasteiger partial charge in [0.05, 0.1) is 5.57 Å². The van der Waals surface area contributed by atoms with E-state index in [0.29, 0.717) is 29.8 Å². The molecule has 160 valence electrons. The first-order chi connectivity index (χ1) is 14.4. The zero-order valence-corrected chi connectivity index (χ0v) is 17.4. The molecule has 1 amide bonds. The Morgan fingerprint density at radius 2 is 2.03 bits per heavy atom. The summed E-state index contributed by atoms with van der Waals surface area (Å²) in [6.07, 6.45) is 4.91. The molecule has 0 saturated carbocycles. The van der Waals surface area contributed by atoms with Gasteiger partial charge < -0.3 is 20.7 Å². The van der Waals surface area contributed by atoms with Crippen molar-refractivity contribution in [3.63, 3.8) is 0 Å². The van der Waals surface area contributed by atoms with Gasteiger partial charge in [0.1, 0.15) is 12.4 Å². The molecule has 2 heterocycles. The molecule has 1 aromatic carbocycles. The number of Topliss-reactive ketones (excluding diaryl/α,β-unsaturated/α-hetero) is 1. The zero-order valence-electron chi connectivity index (χ0n) is 17.4. The fourth-order valence-corrected chi connectivity index (χ4v) is 3.71. The second kappa shape index (κ2) is 9.82. The lowest BCUT2D eigenvalue weighted by atomic mass is 10.0. The van der Waals surface area contributed by atoms with Gasteiger partial charge in [0.25, 0.3) is 5.91 Å². The van der Waals surface area contributed by atoms with Crippen LogP contribution in [0.1, 0.15) is 53.8 Å². The van der Waals surface area contributed by atoms with Crippen LogP contribution < -0.4 is 10.6 Å². The zero-order chi connectivity index (χ0) is 21.7. The van der Waals surface area contributed by atoms with Crippen molar-refractivity contribution in [2.45, 2.75) is 46.1 Å². The molecule has 0 bridgehead atoms. The molecule has 0 unspecified atom stereocenters. The summed E-state index contributed by atoms with van der Waals surface area (Å²) < 4.78 is 13.6. The molecule has 7 heteroatoms. The smallest absolute Gasteiger partial charge is 0.256 e. The van der Waals surface area contributed by atoms with E-state index >= 15 is 0 Å². The first-order valence-electron chi connectivity index (χ1n) is 10.2. The number of ketones is 1. The van der Waals surface area contributed by atoms with E-state index in [4.69, 9.17) is 5.11 Å². The van der Waals surface area contributed by atoms with Crippen molar-refractivity contribution in [2.75, 3.05) is 18.5 Å². The van der Waals surface area contributed by atoms with E-state index in [1.807, 2.05) is 13.8 Å². The molecule has 0 saturated heterocycles. The molecule has 0 spiro atoms. The summed E-state index contributed by atoms with van der Waals surface area (Å²) in [7, 11) is 0. The maximum absolute atomic E-state index is 13.6. The number of aryl methyl sites for hydroxylation is 1. The van der Waals surface area contributed by atoms with Gasteiger partial charge in [0, 0.05) is 35.6 Å². The van der Waals surface area contributed by atoms with Crippen LogP contribution in [0.3, 0.4) is 0 Å². The Balaban J connectivity index is 1.61. The van der Waals surface area contributed by atoms with Crippen molar-refractivity contribution in [1.82, 2.24) is 10.3 Å². The number of H-pyrrole nitrogens is 1. The van der Waals surface area contributed by atoms with E-state index in [1.165, 1.54) is 12.1 Å². The Morgan fingerprint density at radius 1 is 1.23 bits per heavy atom. The Kier molecular flexibility index (Phi) is 7.18. The second-order valence-corrected chi connectivity index (χ2v) is 7.65. The molecule has 0 fully saturated rings. The van der Waals surface area contributed by atoms with Gasteiger partial charge in [0.15, 0.2) is 5.78 Å². The molecular weight excluding hydrogens is 385 g/mol. The maximum atomic E-state index is 13.6. The number of halogens is 1. The maximum Gasteiger partial charge on any atom is 0.256 e. The number of aromatic nitrogens is 1. The number of aromatic amines is 1. The molecule has 2 aromatic rings. The van der Waals surface area contributed by atoms with Gasteiger partial charge in [-0.05, 0) is 68.6 Å². The number of carbonyl (C=O) groups is 2. The van der Waals surface area contributed by atoms with Gasteiger partial charge in [-0.15, -0.1) is 0 Å². The van der Waals surface area contributed by atoms with Crippen LogP contribution in [0.15, 0.2) is 18.2 Å². The molecule has 0 aliphatic carbocycles. The summed E-state index contributed by atoms with van der Waals surface area (Å²) in [5.41, 5.74) is 5.72. The largest absolute Gasteiger partial charge is 0.389 e. The number of nitrogens with one attached hydrogen (secondary N) is 3. The fourth-order valence-electron chi connectivity index (χ4n) is 3.71. The highest BCUT2D eigenvalue weighted by Crippen LogP contribution is 2.34. The highest BCUT2D eigenvalue weighted by Gasteiger charge is 2.25. The van der Waals surface area contributed by atoms with Gasteiger partial charge in [-0.25, -0.2) is 4.39 Å². The Labute approximate surface area is 175 Å². The van der Waals surface area contributed by atoms with E-state index in [-0.39, 0.29) is 24.1 Å². The first kappa shape index (κ1) is 21.9. The van der Waals surface area contributed by atoms with Crippen LogP contribution in [0, 0.1) is 19.7 Å². The Hall–Kier alpha value is -2.77. The minimum atomic E-state index is -0.374. The third kappa shape index (κ3) is 5.04. The summed E-state index contributed by atoms with van der Waals surface area (Å²) in [6.45, 7) is 5.17. The van der Waals surface area contributed by atoms with Crippen LogP contribution in [0.25, 0.3) is 11.6 Å². The number of hydrogen-bond donors (Lipinski definition) is 4. The highest BCUT2D eigenvalue weighted by atomic mass is 19.1. The number of hydrogen-bond acceptors (Lipinski definition) is 4. The van der Waals surface area contributed by atoms with Gasteiger partial charge in [-0.2, -0.15) is 0 Å². The standard InChI is InChI=1S/C23H28FN3O3/c1-14-20(12-25-9-5-3-4-6-17(29)13-28)15(2)26-22(14)11-19-18-10-16(24)7-8-21(18)27-23(19)30/h7-8,10-11,25-26,28H,3-6,9,12-13H2,1-2H3,(H,27,30)/b19-11-. The number of amides is 1. The summed E-state index contributed by atoms with van der Waals surface area (Å²) in [6, 6.07) is 4.28. The molecule has 1 aromatic heterocycles. The third-order valence-electron chi connectivity index (χ3n) is 5.47. The lowest BCUT2D eigenvalue weighted by Crippen LogP contribution is -2.15. The minimum Gasteiger partial charge on any atom is -0.389 e. The van der Waals surface area contributed by atoms with Crippen LogP contribution in [0.2, 0.25) is 0 Å². The minimum absolute atomic E-state index is 0.107. The number of benzene rings is 1. The average Bonchev–Trinajstić information content (AvgIpc) is 3.17. The summed E-state index contributed by atoms with van der Waals surface area (Å²) in [5.74, 6) is -0.716. The van der Waals surface area contributed by atoms with E-state index in [1.54, 1.807) is 12.1 Å². The van der Waals surface area contributed by atoms with Gasteiger partial charge in [-0.1, -0.05) is 6.42 Å². The van der Waals surface area contributed by atoms with Gasteiger partial charge in [-0.3, -0.25) is 9.59 Å². The Morgan fingerprint density at radius 3 is 2.80 bits per heavy atom.